The van der Waals surface area contributed by atoms with E-state index in [0.29, 0.717) is 0 Å². The van der Waals surface area contributed by atoms with Crippen LogP contribution in [0.3, 0.4) is 0 Å². The Kier molecular flexibility index (Phi) is 5.38. The second-order valence-electron chi connectivity index (χ2n) is 4.57. The maximum Gasteiger partial charge on any atom is 0.305 e. The van der Waals surface area contributed by atoms with Crippen molar-refractivity contribution in [3.05, 3.63) is 44.0 Å². The van der Waals surface area contributed by atoms with Crippen molar-refractivity contribution in [3.8, 4) is 0 Å². The van der Waals surface area contributed by atoms with Gasteiger partial charge in [-0.15, -0.1) is 5.10 Å². The standard InChI is InChI=1S/C12H9N5O7S/c18-10(19)4-9-11(20)14-12(25-9)15-13-5-6-7(16(21)22)2-1-3-8(6)17(23)24/h1-3,5,9H,4H2,(H,18,19)(H,14,15,20). The molecule has 2 rings (SSSR count). The number of carboxylic acids is 1. The van der Waals surface area contributed by atoms with Gasteiger partial charge in [-0.25, -0.2) is 0 Å². The molecule has 1 atom stereocenters. The number of carboxylic acid groups (broad SMARTS) is 1. The Bertz CT molecular complexity index is 790. The molecule has 1 fully saturated rings. The van der Waals surface area contributed by atoms with Crippen molar-refractivity contribution in [3.63, 3.8) is 0 Å². The molecule has 1 saturated heterocycles. The van der Waals surface area contributed by atoms with Crippen LogP contribution in [0.1, 0.15) is 12.0 Å². The summed E-state index contributed by atoms with van der Waals surface area (Å²) in [5, 5.41) is 39.2. The molecule has 0 aromatic heterocycles. The summed E-state index contributed by atoms with van der Waals surface area (Å²) < 4.78 is 0. The van der Waals surface area contributed by atoms with Crippen LogP contribution < -0.4 is 5.32 Å². The number of hydrogen-bond donors (Lipinski definition) is 2. The van der Waals surface area contributed by atoms with E-state index in [1.54, 1.807) is 0 Å². The molecule has 1 aromatic rings. The van der Waals surface area contributed by atoms with Gasteiger partial charge < -0.3 is 10.4 Å². The van der Waals surface area contributed by atoms with E-state index in [-0.39, 0.29) is 10.7 Å². The van der Waals surface area contributed by atoms with Gasteiger partial charge >= 0.3 is 5.97 Å². The van der Waals surface area contributed by atoms with E-state index >= 15 is 0 Å². The quantitative estimate of drug-likeness (QED) is 0.423. The van der Waals surface area contributed by atoms with Crippen LogP contribution in [0.5, 0.6) is 0 Å². The van der Waals surface area contributed by atoms with Gasteiger partial charge in [0.2, 0.25) is 5.91 Å². The molecule has 1 aliphatic rings. The predicted octanol–water partition coefficient (Wildman–Crippen LogP) is 0.899. The smallest absolute Gasteiger partial charge is 0.305 e. The third kappa shape index (κ3) is 4.35. The van der Waals surface area contributed by atoms with Crippen LogP contribution in [0.25, 0.3) is 0 Å². The van der Waals surface area contributed by atoms with Gasteiger partial charge in [-0.1, -0.05) is 11.8 Å². The van der Waals surface area contributed by atoms with Crippen LogP contribution in [0.4, 0.5) is 11.4 Å². The van der Waals surface area contributed by atoms with E-state index in [0.717, 1.165) is 30.1 Å². The number of amidine groups is 1. The zero-order valence-corrected chi connectivity index (χ0v) is 13.0. The number of benzene rings is 1. The second-order valence-corrected chi connectivity index (χ2v) is 5.76. The molecule has 2 N–H and O–H groups in total. The largest absolute Gasteiger partial charge is 0.481 e. The number of thioether (sulfide) groups is 1. The van der Waals surface area contributed by atoms with Crippen molar-refractivity contribution in [1.29, 1.82) is 0 Å². The molecule has 0 saturated carbocycles. The van der Waals surface area contributed by atoms with Gasteiger partial charge in [-0.2, -0.15) is 5.10 Å². The van der Waals surface area contributed by atoms with Gasteiger partial charge in [0.05, 0.1) is 22.5 Å². The average molecular weight is 367 g/mol. The lowest BCUT2D eigenvalue weighted by atomic mass is 10.1. The Morgan fingerprint density at radius 1 is 1.32 bits per heavy atom. The number of amides is 1. The SMILES string of the molecule is O=C(O)CC1SC(=NN=Cc2c([N+](=O)[O-])cccc2[N+](=O)[O-])NC1=O. The van der Waals surface area contributed by atoms with Crippen molar-refractivity contribution in [2.45, 2.75) is 11.7 Å². The number of nitro groups is 2. The van der Waals surface area contributed by atoms with Crippen LogP contribution in [0.2, 0.25) is 0 Å². The second kappa shape index (κ2) is 7.48. The molecule has 25 heavy (non-hydrogen) atoms. The van der Waals surface area contributed by atoms with E-state index in [4.69, 9.17) is 5.11 Å². The van der Waals surface area contributed by atoms with Crippen LogP contribution in [-0.4, -0.2) is 43.5 Å². The fraction of sp³-hybridized carbons (Fsp3) is 0.167. The number of carbonyl (C=O) groups is 2. The minimum absolute atomic E-state index is 0.00580. The normalized spacial score (nSPS) is 18.5. The van der Waals surface area contributed by atoms with Crippen LogP contribution >= 0.6 is 11.8 Å². The van der Waals surface area contributed by atoms with Crippen LogP contribution in [-0.2, 0) is 9.59 Å². The number of nitrogens with zero attached hydrogens (tertiary/aromatic N) is 4. The summed E-state index contributed by atoms with van der Waals surface area (Å²) in [7, 11) is 0. The summed E-state index contributed by atoms with van der Waals surface area (Å²) >= 11 is 0.830. The maximum absolute atomic E-state index is 11.5. The van der Waals surface area contributed by atoms with Crippen molar-refractivity contribution >= 4 is 46.4 Å². The molecule has 0 spiro atoms. The summed E-state index contributed by atoms with van der Waals surface area (Å²) in [6.45, 7) is 0. The average Bonchev–Trinajstić information content (AvgIpc) is 2.86. The molecular weight excluding hydrogens is 358 g/mol. The van der Waals surface area contributed by atoms with E-state index in [9.17, 15) is 29.8 Å². The third-order valence-corrected chi connectivity index (χ3v) is 4.00. The highest BCUT2D eigenvalue weighted by Gasteiger charge is 2.32. The highest BCUT2D eigenvalue weighted by atomic mass is 32.2. The van der Waals surface area contributed by atoms with Crippen molar-refractivity contribution < 1.29 is 24.5 Å². The van der Waals surface area contributed by atoms with E-state index < -0.39 is 44.8 Å². The Morgan fingerprint density at radius 3 is 2.44 bits per heavy atom. The molecule has 130 valence electrons. The summed E-state index contributed by atoms with van der Waals surface area (Å²) in [6.07, 6.45) is 0.426. The van der Waals surface area contributed by atoms with E-state index in [1.165, 1.54) is 6.07 Å². The topological polar surface area (TPSA) is 177 Å². The van der Waals surface area contributed by atoms with Crippen LogP contribution in [0, 0.1) is 20.2 Å². The summed E-state index contributed by atoms with van der Waals surface area (Å²) in [5.74, 6) is -1.72. The van der Waals surface area contributed by atoms with Gasteiger partial charge in [0.1, 0.15) is 10.8 Å². The minimum Gasteiger partial charge on any atom is -0.481 e. The fourth-order valence-corrected chi connectivity index (χ4v) is 2.79. The zero-order valence-electron chi connectivity index (χ0n) is 12.2. The van der Waals surface area contributed by atoms with Gasteiger partial charge in [0.25, 0.3) is 11.4 Å². The number of rotatable bonds is 6. The molecule has 0 radical (unpaired) electrons. The lowest BCUT2D eigenvalue weighted by Gasteiger charge is -1.98. The predicted molar refractivity (Wildman–Crippen MR) is 86.6 cm³/mol. The number of carbonyl (C=O) groups excluding carboxylic acids is 1. The Balaban J connectivity index is 2.25. The first-order valence-corrected chi connectivity index (χ1v) is 7.39. The highest BCUT2D eigenvalue weighted by Crippen LogP contribution is 2.26. The molecule has 1 aliphatic heterocycles. The Labute approximate surface area is 142 Å². The first-order valence-electron chi connectivity index (χ1n) is 6.51. The van der Waals surface area contributed by atoms with Gasteiger partial charge in [0.15, 0.2) is 5.17 Å². The third-order valence-electron chi connectivity index (χ3n) is 2.93. The summed E-state index contributed by atoms with van der Waals surface area (Å²) in [5.41, 5.74) is -1.40. The Hall–Kier alpha value is -3.35. The number of nitro benzene ring substituents is 2. The first kappa shape index (κ1) is 18.0. The molecule has 0 bridgehead atoms. The van der Waals surface area contributed by atoms with Crippen molar-refractivity contribution in [1.82, 2.24) is 5.32 Å². The Morgan fingerprint density at radius 2 is 1.92 bits per heavy atom. The first-order chi connectivity index (χ1) is 11.8. The molecule has 0 aliphatic carbocycles. The highest BCUT2D eigenvalue weighted by molar-refractivity contribution is 8.15. The number of nitrogens with one attached hydrogen (secondary N) is 1. The summed E-state index contributed by atoms with van der Waals surface area (Å²) in [6, 6.07) is 3.33. The lowest BCUT2D eigenvalue weighted by molar-refractivity contribution is -0.394. The van der Waals surface area contributed by atoms with Gasteiger partial charge in [-0.3, -0.25) is 29.8 Å². The lowest BCUT2D eigenvalue weighted by Crippen LogP contribution is -2.26. The van der Waals surface area contributed by atoms with E-state index in [1.807, 2.05) is 0 Å². The van der Waals surface area contributed by atoms with Gasteiger partial charge in [0, 0.05) is 12.1 Å². The summed E-state index contributed by atoms with van der Waals surface area (Å²) in [4.78, 5) is 42.5. The monoisotopic (exact) mass is 367 g/mol. The van der Waals surface area contributed by atoms with Crippen molar-refractivity contribution in [2.75, 3.05) is 0 Å². The zero-order chi connectivity index (χ0) is 18.6. The molecule has 13 heteroatoms. The molecule has 1 heterocycles. The fourth-order valence-electron chi connectivity index (χ4n) is 1.88. The molecule has 12 nitrogen and oxygen atoms in total. The van der Waals surface area contributed by atoms with Crippen molar-refractivity contribution in [2.24, 2.45) is 10.2 Å². The number of hydrogen-bond acceptors (Lipinski definition) is 9. The minimum atomic E-state index is -1.16. The molecular formula is C12H9N5O7S. The molecule has 1 aromatic carbocycles. The maximum atomic E-state index is 11.5. The number of aliphatic carboxylic acids is 1. The van der Waals surface area contributed by atoms with Gasteiger partial charge in [-0.05, 0) is 6.07 Å². The van der Waals surface area contributed by atoms with E-state index in [2.05, 4.69) is 15.5 Å². The molecule has 1 amide bonds. The molecule has 1 unspecified atom stereocenters. The van der Waals surface area contributed by atoms with Crippen LogP contribution in [0.15, 0.2) is 28.4 Å².